The van der Waals surface area contributed by atoms with Gasteiger partial charge in [-0.15, -0.1) is 0 Å². The third-order valence-electron chi connectivity index (χ3n) is 5.33. The Balaban J connectivity index is 1.74. The summed E-state index contributed by atoms with van der Waals surface area (Å²) in [6.07, 6.45) is 1.75. The predicted molar refractivity (Wildman–Crippen MR) is 92.9 cm³/mol. The third-order valence-corrected chi connectivity index (χ3v) is 5.33. The number of aliphatic hydroxyl groups excluding tert-OH is 1. The molecule has 24 heavy (non-hydrogen) atoms. The molecule has 2 amide bonds. The van der Waals surface area contributed by atoms with Crippen molar-refractivity contribution in [3.63, 3.8) is 0 Å². The van der Waals surface area contributed by atoms with E-state index in [0.717, 1.165) is 31.6 Å². The van der Waals surface area contributed by atoms with Crippen LogP contribution in [0.5, 0.6) is 0 Å². The number of hydrogen-bond acceptors (Lipinski definition) is 4. The molecule has 3 rings (SSSR count). The van der Waals surface area contributed by atoms with Crippen LogP contribution in [0.4, 0.5) is 11.4 Å². The first-order chi connectivity index (χ1) is 11.4. The van der Waals surface area contributed by atoms with Crippen molar-refractivity contribution in [1.29, 1.82) is 0 Å². The Morgan fingerprint density at radius 2 is 2.00 bits per heavy atom. The molecule has 130 valence electrons. The van der Waals surface area contributed by atoms with E-state index in [0.29, 0.717) is 5.69 Å². The van der Waals surface area contributed by atoms with Gasteiger partial charge in [0.1, 0.15) is 6.54 Å². The first-order valence-corrected chi connectivity index (χ1v) is 8.49. The highest BCUT2D eigenvalue weighted by Gasteiger charge is 2.36. The fraction of sp³-hybridized carbons (Fsp3) is 0.556. The minimum absolute atomic E-state index is 0.0448. The number of amides is 2. The van der Waals surface area contributed by atoms with E-state index in [4.69, 9.17) is 0 Å². The monoisotopic (exact) mass is 331 g/mol. The van der Waals surface area contributed by atoms with Crippen LogP contribution in [-0.4, -0.2) is 54.1 Å². The summed E-state index contributed by atoms with van der Waals surface area (Å²) < 4.78 is 0. The minimum atomic E-state index is -0.285. The zero-order valence-electron chi connectivity index (χ0n) is 14.3. The second-order valence-corrected chi connectivity index (χ2v) is 7.17. The molecule has 0 aliphatic carbocycles. The number of rotatable bonds is 3. The number of anilines is 2. The number of carbonyl (C=O) groups is 2. The highest BCUT2D eigenvalue weighted by atomic mass is 16.3. The maximum absolute atomic E-state index is 13.0. The van der Waals surface area contributed by atoms with Crippen LogP contribution in [-0.2, 0) is 9.59 Å². The number of piperidine rings is 1. The zero-order chi connectivity index (χ0) is 17.3. The van der Waals surface area contributed by atoms with Crippen LogP contribution in [0.15, 0.2) is 24.3 Å². The van der Waals surface area contributed by atoms with Crippen molar-refractivity contribution in [2.45, 2.75) is 32.7 Å². The van der Waals surface area contributed by atoms with Crippen molar-refractivity contribution in [2.24, 2.45) is 5.41 Å². The Morgan fingerprint density at radius 3 is 2.67 bits per heavy atom. The summed E-state index contributed by atoms with van der Waals surface area (Å²) in [4.78, 5) is 28.6. The Hall–Kier alpha value is -1.92. The van der Waals surface area contributed by atoms with Gasteiger partial charge in [0.25, 0.3) is 0 Å². The van der Waals surface area contributed by atoms with Crippen molar-refractivity contribution in [3.8, 4) is 0 Å². The molecule has 0 bridgehead atoms. The third kappa shape index (κ3) is 3.16. The molecule has 0 spiro atoms. The summed E-state index contributed by atoms with van der Waals surface area (Å²) in [6.45, 7) is 5.80. The number of nitrogens with zero attached hydrogens (tertiary/aromatic N) is 2. The number of aliphatic hydroxyl groups is 1. The van der Waals surface area contributed by atoms with Crippen LogP contribution >= 0.6 is 0 Å². The summed E-state index contributed by atoms with van der Waals surface area (Å²) in [5, 5.41) is 12.3. The number of benzene rings is 1. The standard InChI is InChI=1S/C18H25N3O3/c1-13(20-9-7-18(2,12-22)8-10-20)17(24)21-11-16(23)19-14-5-3-4-6-15(14)21/h3-6,13,22H,7-12H2,1-2H3,(H,19,23). The van der Waals surface area contributed by atoms with E-state index in [1.807, 2.05) is 31.2 Å². The molecule has 1 aromatic rings. The van der Waals surface area contributed by atoms with E-state index >= 15 is 0 Å². The van der Waals surface area contributed by atoms with Crippen LogP contribution in [0.3, 0.4) is 0 Å². The Morgan fingerprint density at radius 1 is 1.33 bits per heavy atom. The van der Waals surface area contributed by atoms with E-state index in [9.17, 15) is 14.7 Å². The topological polar surface area (TPSA) is 72.9 Å². The Labute approximate surface area is 142 Å². The normalized spacial score (nSPS) is 21.8. The zero-order valence-corrected chi connectivity index (χ0v) is 14.3. The van der Waals surface area contributed by atoms with Crippen molar-refractivity contribution in [3.05, 3.63) is 24.3 Å². The molecule has 2 aliphatic rings. The van der Waals surface area contributed by atoms with Crippen molar-refractivity contribution >= 4 is 23.2 Å². The van der Waals surface area contributed by atoms with Gasteiger partial charge < -0.3 is 10.4 Å². The van der Waals surface area contributed by atoms with Crippen LogP contribution in [0, 0.1) is 5.41 Å². The number of para-hydroxylation sites is 2. The molecular weight excluding hydrogens is 306 g/mol. The van der Waals surface area contributed by atoms with E-state index in [1.54, 1.807) is 4.90 Å². The lowest BCUT2D eigenvalue weighted by atomic mass is 9.81. The average molecular weight is 331 g/mol. The molecule has 1 saturated heterocycles. The van der Waals surface area contributed by atoms with Gasteiger partial charge in [0.05, 0.1) is 17.4 Å². The van der Waals surface area contributed by atoms with Gasteiger partial charge in [-0.05, 0) is 50.4 Å². The van der Waals surface area contributed by atoms with Gasteiger partial charge in [-0.1, -0.05) is 19.1 Å². The SMILES string of the molecule is CC(C(=O)N1CC(=O)Nc2ccccc21)N1CCC(C)(CO)CC1. The second kappa shape index (κ2) is 6.53. The number of carbonyl (C=O) groups excluding carboxylic acids is 2. The molecule has 6 heteroatoms. The maximum Gasteiger partial charge on any atom is 0.244 e. The van der Waals surface area contributed by atoms with Gasteiger partial charge in [0.2, 0.25) is 11.8 Å². The van der Waals surface area contributed by atoms with Gasteiger partial charge in [0, 0.05) is 6.61 Å². The molecule has 2 heterocycles. The van der Waals surface area contributed by atoms with Gasteiger partial charge in [-0.2, -0.15) is 0 Å². The van der Waals surface area contributed by atoms with E-state index in [-0.39, 0.29) is 36.4 Å². The number of nitrogens with one attached hydrogen (secondary N) is 1. The van der Waals surface area contributed by atoms with E-state index < -0.39 is 0 Å². The molecule has 1 fully saturated rings. The number of fused-ring (bicyclic) bond motifs is 1. The molecule has 0 radical (unpaired) electrons. The predicted octanol–water partition coefficient (Wildman–Crippen LogP) is 1.45. The first-order valence-electron chi connectivity index (χ1n) is 8.49. The minimum Gasteiger partial charge on any atom is -0.396 e. The first kappa shape index (κ1) is 16.9. The fourth-order valence-electron chi connectivity index (χ4n) is 3.42. The number of hydrogen-bond donors (Lipinski definition) is 2. The summed E-state index contributed by atoms with van der Waals surface area (Å²) in [7, 11) is 0. The molecule has 6 nitrogen and oxygen atoms in total. The van der Waals surface area contributed by atoms with Gasteiger partial charge in [-0.25, -0.2) is 0 Å². The lowest BCUT2D eigenvalue weighted by Gasteiger charge is -2.41. The Bertz CT molecular complexity index is 638. The largest absolute Gasteiger partial charge is 0.396 e. The summed E-state index contributed by atoms with van der Waals surface area (Å²) >= 11 is 0. The van der Waals surface area contributed by atoms with Crippen molar-refractivity contribution in [2.75, 3.05) is 36.5 Å². The molecule has 0 saturated carbocycles. The highest BCUT2D eigenvalue weighted by molar-refractivity contribution is 6.11. The molecule has 2 aliphatic heterocycles. The van der Waals surface area contributed by atoms with Crippen LogP contribution < -0.4 is 10.2 Å². The van der Waals surface area contributed by atoms with Gasteiger partial charge in [-0.3, -0.25) is 19.4 Å². The Kier molecular flexibility index (Phi) is 4.60. The molecule has 2 N–H and O–H groups in total. The lowest BCUT2D eigenvalue weighted by molar-refractivity contribution is -0.126. The van der Waals surface area contributed by atoms with Crippen LogP contribution in [0.1, 0.15) is 26.7 Å². The number of likely N-dealkylation sites (tertiary alicyclic amines) is 1. The molecule has 1 aromatic carbocycles. The summed E-state index contributed by atoms with van der Waals surface area (Å²) in [5.74, 6) is -0.217. The summed E-state index contributed by atoms with van der Waals surface area (Å²) in [6, 6.07) is 7.10. The van der Waals surface area contributed by atoms with Gasteiger partial charge >= 0.3 is 0 Å². The van der Waals surface area contributed by atoms with E-state index in [2.05, 4.69) is 17.1 Å². The lowest BCUT2D eigenvalue weighted by Crippen LogP contribution is -2.53. The molecule has 1 unspecified atom stereocenters. The van der Waals surface area contributed by atoms with Crippen molar-refractivity contribution in [1.82, 2.24) is 4.90 Å². The molecular formula is C18H25N3O3. The fourth-order valence-corrected chi connectivity index (χ4v) is 3.42. The molecule has 1 atom stereocenters. The quantitative estimate of drug-likeness (QED) is 0.879. The van der Waals surface area contributed by atoms with E-state index in [1.165, 1.54) is 0 Å². The second-order valence-electron chi connectivity index (χ2n) is 7.17. The highest BCUT2D eigenvalue weighted by Crippen LogP contribution is 2.33. The van der Waals surface area contributed by atoms with Crippen LogP contribution in [0.25, 0.3) is 0 Å². The maximum atomic E-state index is 13.0. The van der Waals surface area contributed by atoms with Gasteiger partial charge in [0.15, 0.2) is 0 Å². The smallest absolute Gasteiger partial charge is 0.244 e. The van der Waals surface area contributed by atoms with Crippen LogP contribution in [0.2, 0.25) is 0 Å². The summed E-state index contributed by atoms with van der Waals surface area (Å²) in [5.41, 5.74) is 1.39. The van der Waals surface area contributed by atoms with Crippen molar-refractivity contribution < 1.29 is 14.7 Å². The average Bonchev–Trinajstić information content (AvgIpc) is 2.60. The molecule has 0 aromatic heterocycles.